The Morgan fingerprint density at radius 2 is 2.14 bits per heavy atom. The second-order valence-electron chi connectivity index (χ2n) is 6.07. The average molecular weight is 301 g/mol. The molecule has 1 heterocycles. The molecule has 2 rings (SSSR count). The second-order valence-corrected chi connectivity index (χ2v) is 6.07. The Hall–Kier alpha value is -2.06. The summed E-state index contributed by atoms with van der Waals surface area (Å²) in [4.78, 5) is 14.2. The van der Waals surface area contributed by atoms with Gasteiger partial charge in [-0.2, -0.15) is 5.26 Å². The second kappa shape index (κ2) is 6.80. The van der Waals surface area contributed by atoms with Crippen molar-refractivity contribution in [1.29, 1.82) is 5.26 Å². The number of hydrogen-bond acceptors (Lipinski definition) is 3. The van der Waals surface area contributed by atoms with Crippen LogP contribution in [0.3, 0.4) is 0 Å². The van der Waals surface area contributed by atoms with Gasteiger partial charge in [-0.3, -0.25) is 0 Å². The van der Waals surface area contributed by atoms with E-state index in [4.69, 9.17) is 5.26 Å². The smallest absolute Gasteiger partial charge is 0.321 e. The lowest BCUT2D eigenvalue weighted by molar-refractivity contribution is 0.0542. The number of nitrogens with one attached hydrogen (secondary N) is 1. The first kappa shape index (κ1) is 16.3. The van der Waals surface area contributed by atoms with Gasteiger partial charge < -0.3 is 15.3 Å². The highest BCUT2D eigenvalue weighted by atomic mass is 16.3. The zero-order valence-corrected chi connectivity index (χ0v) is 13.2. The van der Waals surface area contributed by atoms with Gasteiger partial charge in [-0.25, -0.2) is 4.79 Å². The molecule has 1 aliphatic heterocycles. The van der Waals surface area contributed by atoms with Crippen molar-refractivity contribution in [1.82, 2.24) is 4.90 Å². The molecule has 2 N–H and O–H groups in total. The van der Waals surface area contributed by atoms with E-state index in [0.717, 1.165) is 24.8 Å². The lowest BCUT2D eigenvalue weighted by atomic mass is 9.77. The summed E-state index contributed by atoms with van der Waals surface area (Å²) < 4.78 is 0. The number of aliphatic hydroxyl groups excluding tert-OH is 1. The fraction of sp³-hybridized carbons (Fsp3) is 0.529. The third-order valence-corrected chi connectivity index (χ3v) is 4.80. The molecule has 1 saturated heterocycles. The topological polar surface area (TPSA) is 76.4 Å². The highest BCUT2D eigenvalue weighted by Crippen LogP contribution is 2.34. The standard InChI is InChI=1S/C17H23N3O2/c1-3-17(12-21)6-8-20(9-7-17)16(22)19-15-10-14(11-18)5-4-13(15)2/h4-5,10,21H,3,6-9,12H2,1-2H3,(H,19,22). The number of carbonyl (C=O) groups is 1. The monoisotopic (exact) mass is 301 g/mol. The number of likely N-dealkylation sites (tertiary alicyclic amines) is 1. The first-order valence-corrected chi connectivity index (χ1v) is 7.71. The lowest BCUT2D eigenvalue weighted by Crippen LogP contribution is -2.46. The number of benzene rings is 1. The Bertz CT molecular complexity index is 578. The fourth-order valence-corrected chi connectivity index (χ4v) is 2.83. The molecule has 0 saturated carbocycles. The molecule has 5 nitrogen and oxygen atoms in total. The molecule has 0 unspecified atom stereocenters. The summed E-state index contributed by atoms with van der Waals surface area (Å²) in [6.07, 6.45) is 2.58. The Labute approximate surface area is 131 Å². The summed E-state index contributed by atoms with van der Waals surface area (Å²) in [5.41, 5.74) is 2.11. The van der Waals surface area contributed by atoms with E-state index in [2.05, 4.69) is 18.3 Å². The highest BCUT2D eigenvalue weighted by Gasteiger charge is 2.33. The van der Waals surface area contributed by atoms with Gasteiger partial charge in [0.05, 0.1) is 11.6 Å². The van der Waals surface area contributed by atoms with Crippen LogP contribution in [0.25, 0.3) is 0 Å². The summed E-state index contributed by atoms with van der Waals surface area (Å²) >= 11 is 0. The number of anilines is 1. The van der Waals surface area contributed by atoms with Gasteiger partial charge in [0.15, 0.2) is 0 Å². The maximum Gasteiger partial charge on any atom is 0.321 e. The molecule has 0 radical (unpaired) electrons. The normalized spacial score (nSPS) is 16.9. The van der Waals surface area contributed by atoms with Crippen molar-refractivity contribution in [3.8, 4) is 6.07 Å². The highest BCUT2D eigenvalue weighted by molar-refractivity contribution is 5.90. The van der Waals surface area contributed by atoms with Crippen LogP contribution in [0.15, 0.2) is 18.2 Å². The summed E-state index contributed by atoms with van der Waals surface area (Å²) in [5.74, 6) is 0. The largest absolute Gasteiger partial charge is 0.396 e. The van der Waals surface area contributed by atoms with Crippen molar-refractivity contribution >= 4 is 11.7 Å². The van der Waals surface area contributed by atoms with Crippen molar-refractivity contribution in [2.75, 3.05) is 25.0 Å². The number of urea groups is 1. The molecule has 22 heavy (non-hydrogen) atoms. The van der Waals surface area contributed by atoms with E-state index in [-0.39, 0.29) is 18.1 Å². The number of carbonyl (C=O) groups excluding carboxylic acids is 1. The average Bonchev–Trinajstić information content (AvgIpc) is 2.56. The number of nitriles is 1. The van der Waals surface area contributed by atoms with Crippen molar-refractivity contribution in [3.63, 3.8) is 0 Å². The van der Waals surface area contributed by atoms with Crippen LogP contribution >= 0.6 is 0 Å². The SMILES string of the molecule is CCC1(CO)CCN(C(=O)Nc2cc(C#N)ccc2C)CC1. The Morgan fingerprint density at radius 1 is 1.45 bits per heavy atom. The summed E-state index contributed by atoms with van der Waals surface area (Å²) in [7, 11) is 0. The molecule has 5 heteroatoms. The molecule has 118 valence electrons. The number of aryl methyl sites for hydroxylation is 1. The number of rotatable bonds is 3. The van der Waals surface area contributed by atoms with E-state index in [9.17, 15) is 9.90 Å². The lowest BCUT2D eigenvalue weighted by Gasteiger charge is -2.40. The molecule has 1 aromatic rings. The summed E-state index contributed by atoms with van der Waals surface area (Å²) in [6.45, 7) is 5.47. The predicted molar refractivity (Wildman–Crippen MR) is 85.5 cm³/mol. The molecule has 0 spiro atoms. The van der Waals surface area contributed by atoms with Crippen molar-refractivity contribution in [2.24, 2.45) is 5.41 Å². The quantitative estimate of drug-likeness (QED) is 0.901. The van der Waals surface area contributed by atoms with E-state index in [1.807, 2.05) is 13.0 Å². The van der Waals surface area contributed by atoms with Gasteiger partial charge in [0.1, 0.15) is 0 Å². The van der Waals surface area contributed by atoms with Gasteiger partial charge in [-0.15, -0.1) is 0 Å². The molecule has 0 atom stereocenters. The number of piperidine rings is 1. The first-order valence-electron chi connectivity index (χ1n) is 7.71. The van der Waals surface area contributed by atoms with Crippen molar-refractivity contribution < 1.29 is 9.90 Å². The Kier molecular flexibility index (Phi) is 5.04. The van der Waals surface area contributed by atoms with Crippen LogP contribution < -0.4 is 5.32 Å². The fourth-order valence-electron chi connectivity index (χ4n) is 2.83. The van der Waals surface area contributed by atoms with Gasteiger partial charge >= 0.3 is 6.03 Å². The van der Waals surface area contributed by atoms with Crippen LogP contribution in [0.2, 0.25) is 0 Å². The Balaban J connectivity index is 2.01. The minimum absolute atomic E-state index is 0.0343. The van der Waals surface area contributed by atoms with Gasteiger partial charge in [-0.05, 0) is 49.3 Å². The van der Waals surface area contributed by atoms with Crippen LogP contribution in [0, 0.1) is 23.7 Å². The minimum atomic E-state index is -0.138. The zero-order valence-electron chi connectivity index (χ0n) is 13.2. The first-order chi connectivity index (χ1) is 10.5. The van der Waals surface area contributed by atoms with E-state index in [1.54, 1.807) is 17.0 Å². The number of nitrogens with zero attached hydrogens (tertiary/aromatic N) is 2. The third kappa shape index (κ3) is 3.40. The minimum Gasteiger partial charge on any atom is -0.396 e. The van der Waals surface area contributed by atoms with Crippen molar-refractivity contribution in [2.45, 2.75) is 33.1 Å². The number of aliphatic hydroxyl groups is 1. The van der Waals surface area contributed by atoms with E-state index in [0.29, 0.717) is 24.3 Å². The van der Waals surface area contributed by atoms with Crippen LogP contribution in [0.5, 0.6) is 0 Å². The molecule has 2 amide bonds. The van der Waals surface area contributed by atoms with Gasteiger partial charge in [0.25, 0.3) is 0 Å². The van der Waals surface area contributed by atoms with E-state index in [1.165, 1.54) is 0 Å². The molecule has 0 aliphatic carbocycles. The molecule has 1 aliphatic rings. The number of hydrogen-bond donors (Lipinski definition) is 2. The molecule has 1 fully saturated rings. The Morgan fingerprint density at radius 3 is 2.68 bits per heavy atom. The van der Waals surface area contributed by atoms with Gasteiger partial charge in [0.2, 0.25) is 0 Å². The maximum absolute atomic E-state index is 12.4. The van der Waals surface area contributed by atoms with E-state index >= 15 is 0 Å². The molecular weight excluding hydrogens is 278 g/mol. The predicted octanol–water partition coefficient (Wildman–Crippen LogP) is 2.88. The van der Waals surface area contributed by atoms with Gasteiger partial charge in [0, 0.05) is 25.4 Å². The third-order valence-electron chi connectivity index (χ3n) is 4.80. The van der Waals surface area contributed by atoms with Crippen molar-refractivity contribution in [3.05, 3.63) is 29.3 Å². The van der Waals surface area contributed by atoms with Gasteiger partial charge in [-0.1, -0.05) is 13.0 Å². The van der Waals surface area contributed by atoms with E-state index < -0.39 is 0 Å². The molecule has 0 aromatic heterocycles. The van der Waals surface area contributed by atoms with Crippen LogP contribution in [0.1, 0.15) is 37.3 Å². The maximum atomic E-state index is 12.4. The van der Waals surface area contributed by atoms with Crippen LogP contribution in [-0.4, -0.2) is 35.7 Å². The molecule has 0 bridgehead atoms. The number of amides is 2. The van der Waals surface area contributed by atoms with Crippen LogP contribution in [-0.2, 0) is 0 Å². The molecule has 1 aromatic carbocycles. The summed E-state index contributed by atoms with van der Waals surface area (Å²) in [5, 5.41) is 21.4. The molecular formula is C17H23N3O2. The summed E-state index contributed by atoms with van der Waals surface area (Å²) in [6, 6.07) is 7.21. The van der Waals surface area contributed by atoms with Crippen LogP contribution in [0.4, 0.5) is 10.5 Å². The zero-order chi connectivity index (χ0) is 16.2.